The minimum absolute atomic E-state index is 0.0350. The number of aryl methyl sites for hydroxylation is 1. The number of aromatic hydroxyl groups is 1. The number of hydrogen-bond acceptors (Lipinski definition) is 5. The highest BCUT2D eigenvalue weighted by Crippen LogP contribution is 2.36. The number of amides is 1. The van der Waals surface area contributed by atoms with Gasteiger partial charge in [0.15, 0.2) is 11.5 Å². The number of primary amides is 1. The molecule has 4 rings (SSSR count). The molecule has 0 radical (unpaired) electrons. The molecule has 0 aliphatic heterocycles. The molecule has 2 aromatic heterocycles. The summed E-state index contributed by atoms with van der Waals surface area (Å²) in [6.45, 7) is 10.2. The molecule has 0 aliphatic rings. The summed E-state index contributed by atoms with van der Waals surface area (Å²) < 4.78 is 1.68. The second-order valence-electron chi connectivity index (χ2n) is 9.09. The summed E-state index contributed by atoms with van der Waals surface area (Å²) in [5.74, 6) is 0.133. The van der Waals surface area contributed by atoms with Gasteiger partial charge in [0.2, 0.25) is 0 Å². The monoisotopic (exact) mass is 429 g/mol. The average molecular weight is 430 g/mol. The van der Waals surface area contributed by atoms with E-state index >= 15 is 0 Å². The van der Waals surface area contributed by atoms with Gasteiger partial charge >= 0.3 is 0 Å². The number of fused-ring (bicyclic) bond motifs is 1. The van der Waals surface area contributed by atoms with Crippen LogP contribution in [0.25, 0.3) is 28.1 Å². The van der Waals surface area contributed by atoms with Crippen LogP contribution in [0.15, 0.2) is 42.6 Å². The van der Waals surface area contributed by atoms with E-state index in [4.69, 9.17) is 16.5 Å². The van der Waals surface area contributed by atoms with Crippen molar-refractivity contribution in [3.63, 3.8) is 0 Å². The zero-order valence-electron chi connectivity index (χ0n) is 18.9. The molecule has 0 unspecified atom stereocenters. The Morgan fingerprint density at radius 2 is 1.72 bits per heavy atom. The van der Waals surface area contributed by atoms with E-state index in [9.17, 15) is 9.90 Å². The number of carbonyl (C=O) groups excluding carboxylic acids is 1. The molecule has 0 atom stereocenters. The molecular weight excluding hydrogens is 402 g/mol. The summed E-state index contributed by atoms with van der Waals surface area (Å²) in [6, 6.07) is 11.5. The van der Waals surface area contributed by atoms with E-state index in [0.29, 0.717) is 28.1 Å². The zero-order chi connectivity index (χ0) is 23.4. The minimum atomic E-state index is -0.660. The molecule has 7 nitrogen and oxygen atoms in total. The van der Waals surface area contributed by atoms with Gasteiger partial charge in [-0.15, -0.1) is 0 Å². The van der Waals surface area contributed by atoms with E-state index in [-0.39, 0.29) is 22.5 Å². The second-order valence-corrected chi connectivity index (χ2v) is 9.09. The predicted octanol–water partition coefficient (Wildman–Crippen LogP) is 4.39. The first-order valence-electron chi connectivity index (χ1n) is 10.4. The van der Waals surface area contributed by atoms with Gasteiger partial charge in [0, 0.05) is 17.3 Å². The third-order valence-electron chi connectivity index (χ3n) is 5.83. The van der Waals surface area contributed by atoms with Crippen molar-refractivity contribution >= 4 is 22.8 Å². The highest BCUT2D eigenvalue weighted by molar-refractivity contribution is 6.11. The summed E-state index contributed by atoms with van der Waals surface area (Å²) in [5, 5.41) is 10.8. The van der Waals surface area contributed by atoms with Crippen LogP contribution >= 0.6 is 0 Å². The number of anilines is 1. The molecule has 0 bridgehead atoms. The van der Waals surface area contributed by atoms with Crippen LogP contribution in [0, 0.1) is 13.8 Å². The fourth-order valence-electron chi connectivity index (χ4n) is 4.00. The Kier molecular flexibility index (Phi) is 4.92. The van der Waals surface area contributed by atoms with Gasteiger partial charge in [0.25, 0.3) is 5.91 Å². The van der Waals surface area contributed by atoms with Gasteiger partial charge in [0.1, 0.15) is 11.6 Å². The average Bonchev–Trinajstić information content (AvgIpc) is 3.02. The third-order valence-corrected chi connectivity index (χ3v) is 5.83. The highest BCUT2D eigenvalue weighted by atomic mass is 16.3. The summed E-state index contributed by atoms with van der Waals surface area (Å²) in [5.41, 5.74) is 16.9. The lowest BCUT2D eigenvalue weighted by Gasteiger charge is -2.19. The van der Waals surface area contributed by atoms with E-state index in [2.05, 4.69) is 37.9 Å². The van der Waals surface area contributed by atoms with E-state index in [0.717, 1.165) is 11.1 Å². The van der Waals surface area contributed by atoms with Crippen molar-refractivity contribution in [3.8, 4) is 22.8 Å². The summed E-state index contributed by atoms with van der Waals surface area (Å²) in [4.78, 5) is 21.5. The zero-order valence-corrected chi connectivity index (χ0v) is 18.9. The van der Waals surface area contributed by atoms with Crippen molar-refractivity contribution in [2.24, 2.45) is 5.73 Å². The number of benzene rings is 2. The SMILES string of the molecule is Cc1ccc(O)c(C)c1-n1c(N)c(C(N)=O)c2cnc(-c3ccc(C(C)(C)C)cc3)nc21. The van der Waals surface area contributed by atoms with Crippen LogP contribution in [0.2, 0.25) is 0 Å². The first-order valence-corrected chi connectivity index (χ1v) is 10.4. The van der Waals surface area contributed by atoms with Crippen molar-refractivity contribution in [3.05, 3.63) is 64.8 Å². The van der Waals surface area contributed by atoms with Gasteiger partial charge in [-0.2, -0.15) is 0 Å². The Bertz CT molecular complexity index is 1360. The van der Waals surface area contributed by atoms with Crippen molar-refractivity contribution in [2.75, 3.05) is 5.73 Å². The number of carbonyl (C=O) groups is 1. The number of phenols is 1. The van der Waals surface area contributed by atoms with Gasteiger partial charge in [0.05, 0.1) is 16.6 Å². The molecule has 2 aromatic carbocycles. The molecule has 164 valence electrons. The van der Waals surface area contributed by atoms with Gasteiger partial charge < -0.3 is 16.6 Å². The smallest absolute Gasteiger partial charge is 0.253 e. The molecule has 1 amide bonds. The molecule has 32 heavy (non-hydrogen) atoms. The van der Waals surface area contributed by atoms with Crippen molar-refractivity contribution in [1.29, 1.82) is 0 Å². The quantitative estimate of drug-likeness (QED) is 0.446. The van der Waals surface area contributed by atoms with Gasteiger partial charge in [-0.25, -0.2) is 9.97 Å². The topological polar surface area (TPSA) is 120 Å². The maximum absolute atomic E-state index is 12.2. The molecule has 0 aliphatic carbocycles. The maximum Gasteiger partial charge on any atom is 0.253 e. The maximum atomic E-state index is 12.2. The van der Waals surface area contributed by atoms with E-state index in [1.807, 2.05) is 19.1 Å². The van der Waals surface area contributed by atoms with E-state index in [1.165, 1.54) is 5.56 Å². The van der Waals surface area contributed by atoms with Crippen LogP contribution in [0.5, 0.6) is 5.75 Å². The van der Waals surface area contributed by atoms with Crippen LogP contribution in [-0.2, 0) is 5.41 Å². The van der Waals surface area contributed by atoms with Crippen LogP contribution in [-0.4, -0.2) is 25.5 Å². The van der Waals surface area contributed by atoms with Crippen LogP contribution < -0.4 is 11.5 Å². The Balaban J connectivity index is 2.00. The van der Waals surface area contributed by atoms with Crippen LogP contribution in [0.3, 0.4) is 0 Å². The Hall–Kier alpha value is -3.87. The molecule has 7 heteroatoms. The fourth-order valence-corrected chi connectivity index (χ4v) is 4.00. The second kappa shape index (κ2) is 7.37. The van der Waals surface area contributed by atoms with Crippen molar-refractivity contribution in [2.45, 2.75) is 40.0 Å². The molecule has 0 saturated carbocycles. The van der Waals surface area contributed by atoms with Gasteiger partial charge in [-0.3, -0.25) is 9.36 Å². The Morgan fingerprint density at radius 3 is 2.31 bits per heavy atom. The number of phenolic OH excluding ortho intramolecular Hbond substituents is 1. The van der Waals surface area contributed by atoms with E-state index in [1.54, 1.807) is 29.8 Å². The van der Waals surface area contributed by atoms with Crippen LogP contribution in [0.4, 0.5) is 5.82 Å². The predicted molar refractivity (Wildman–Crippen MR) is 127 cm³/mol. The number of hydrogen-bond donors (Lipinski definition) is 3. The first kappa shape index (κ1) is 21.4. The third kappa shape index (κ3) is 3.36. The van der Waals surface area contributed by atoms with Crippen LogP contribution in [0.1, 0.15) is 47.8 Å². The largest absolute Gasteiger partial charge is 0.508 e. The number of aromatic nitrogens is 3. The summed E-state index contributed by atoms with van der Waals surface area (Å²) in [7, 11) is 0. The molecule has 0 saturated heterocycles. The standard InChI is InChI=1S/C25H27N5O2/c1-13-6-11-18(31)14(2)20(13)30-21(26)19(22(27)32)17-12-28-23(29-24(17)30)15-7-9-16(10-8-15)25(3,4)5/h6-12,31H,26H2,1-5H3,(H2,27,32). The summed E-state index contributed by atoms with van der Waals surface area (Å²) >= 11 is 0. The van der Waals surface area contributed by atoms with Gasteiger partial charge in [-0.1, -0.05) is 51.1 Å². The molecule has 4 aromatic rings. The minimum Gasteiger partial charge on any atom is -0.508 e. The number of nitrogens with two attached hydrogens (primary N) is 2. The van der Waals surface area contributed by atoms with Crippen molar-refractivity contribution in [1.82, 2.24) is 14.5 Å². The molecule has 0 spiro atoms. The number of nitrogens with zero attached hydrogens (tertiary/aromatic N) is 3. The Labute approximate surface area is 186 Å². The van der Waals surface area contributed by atoms with E-state index < -0.39 is 5.91 Å². The van der Waals surface area contributed by atoms with Gasteiger partial charge in [-0.05, 0) is 36.5 Å². The lowest BCUT2D eigenvalue weighted by atomic mass is 9.87. The fraction of sp³-hybridized carbons (Fsp3) is 0.240. The Morgan fingerprint density at radius 1 is 1.06 bits per heavy atom. The lowest BCUT2D eigenvalue weighted by Crippen LogP contribution is -2.14. The molecule has 5 N–H and O–H groups in total. The normalized spacial score (nSPS) is 11.8. The molecule has 2 heterocycles. The molecular formula is C25H27N5O2. The first-order chi connectivity index (χ1) is 15.0. The number of nitrogen functional groups attached to an aromatic ring is 1. The van der Waals surface area contributed by atoms with Crippen molar-refractivity contribution < 1.29 is 9.90 Å². The lowest BCUT2D eigenvalue weighted by molar-refractivity contribution is 0.100. The number of rotatable bonds is 3. The summed E-state index contributed by atoms with van der Waals surface area (Å²) in [6.07, 6.45) is 1.58. The molecule has 0 fully saturated rings. The highest BCUT2D eigenvalue weighted by Gasteiger charge is 2.24.